The normalized spacial score (nSPS) is 20.0. The SMILES string of the molecule is Cn1c(=O)n(C2CCC(=O)NC2=O)c2ccc(CN3CCC(CNc4cc(Nc5cccn(-c6ccccn6)c5=O)nn5c(C(=O)N[C@@H]6C[C@@H]6F)cnc45)CC3)cc21. The number of nitrogens with one attached hydrogen (secondary N) is 4. The summed E-state index contributed by atoms with van der Waals surface area (Å²) < 4.78 is 19.6. The molecule has 17 nitrogen and oxygen atoms in total. The van der Waals surface area contributed by atoms with E-state index in [0.29, 0.717) is 47.5 Å². The van der Waals surface area contributed by atoms with Gasteiger partial charge in [0.15, 0.2) is 17.2 Å². The van der Waals surface area contributed by atoms with Crippen LogP contribution in [-0.4, -0.2) is 87.8 Å². The number of nitrogens with zero attached hydrogens (tertiary/aromatic N) is 8. The van der Waals surface area contributed by atoms with E-state index in [1.807, 2.05) is 18.2 Å². The summed E-state index contributed by atoms with van der Waals surface area (Å²) in [6.07, 6.45) is 6.14. The van der Waals surface area contributed by atoms with Crippen LogP contribution in [0, 0.1) is 5.92 Å². The molecule has 0 radical (unpaired) electrons. The number of imidazole rings is 2. The molecule has 1 aromatic carbocycles. The molecule has 6 aromatic rings. The molecule has 3 fully saturated rings. The minimum Gasteiger partial charge on any atom is -0.382 e. The summed E-state index contributed by atoms with van der Waals surface area (Å²) in [4.78, 5) is 75.4. The minimum atomic E-state index is -1.07. The Balaban J connectivity index is 0.895. The summed E-state index contributed by atoms with van der Waals surface area (Å²) in [6.45, 7) is 3.01. The van der Waals surface area contributed by atoms with Crippen molar-refractivity contribution in [3.8, 4) is 5.82 Å². The van der Waals surface area contributed by atoms with Crippen LogP contribution in [0.3, 0.4) is 0 Å². The smallest absolute Gasteiger partial charge is 0.329 e. The number of imide groups is 1. The molecule has 58 heavy (non-hydrogen) atoms. The van der Waals surface area contributed by atoms with Gasteiger partial charge in [-0.2, -0.15) is 0 Å². The van der Waals surface area contributed by atoms with E-state index in [1.54, 1.807) is 60.4 Å². The molecule has 7 heterocycles. The van der Waals surface area contributed by atoms with Crippen molar-refractivity contribution in [3.05, 3.63) is 105 Å². The topological polar surface area (TPSA) is 195 Å². The fourth-order valence-electron chi connectivity index (χ4n) is 7.87. The van der Waals surface area contributed by atoms with E-state index in [0.717, 1.165) is 37.0 Å². The number of likely N-dealkylation sites (tertiary alicyclic amines) is 1. The van der Waals surface area contributed by atoms with E-state index < -0.39 is 30.1 Å². The highest BCUT2D eigenvalue weighted by molar-refractivity contribution is 6.00. The molecule has 298 valence electrons. The number of aryl methyl sites for hydroxylation is 1. The number of benzene rings is 1. The maximum Gasteiger partial charge on any atom is 0.329 e. The van der Waals surface area contributed by atoms with Crippen molar-refractivity contribution in [3.63, 3.8) is 0 Å². The molecule has 1 saturated carbocycles. The van der Waals surface area contributed by atoms with Crippen LogP contribution in [0.1, 0.15) is 54.2 Å². The first-order valence-corrected chi connectivity index (χ1v) is 19.3. The van der Waals surface area contributed by atoms with Crippen molar-refractivity contribution < 1.29 is 18.8 Å². The third-order valence-electron chi connectivity index (χ3n) is 11.2. The fraction of sp³-hybridized carbons (Fsp3) is 0.350. The number of rotatable bonds is 11. The molecule has 4 N–H and O–H groups in total. The van der Waals surface area contributed by atoms with Crippen molar-refractivity contribution in [2.45, 2.75) is 56.9 Å². The number of hydrogen-bond acceptors (Lipinski definition) is 11. The first-order chi connectivity index (χ1) is 28.1. The summed E-state index contributed by atoms with van der Waals surface area (Å²) in [5, 5.41) is 16.3. The quantitative estimate of drug-likeness (QED) is 0.141. The highest BCUT2D eigenvalue weighted by Crippen LogP contribution is 2.29. The Morgan fingerprint density at radius 1 is 0.966 bits per heavy atom. The van der Waals surface area contributed by atoms with Gasteiger partial charge in [-0.15, -0.1) is 5.10 Å². The lowest BCUT2D eigenvalue weighted by Gasteiger charge is -2.32. The number of anilines is 3. The molecule has 9 rings (SSSR count). The number of carbonyl (C=O) groups excluding carboxylic acids is 3. The maximum atomic E-state index is 13.7. The Labute approximate surface area is 329 Å². The van der Waals surface area contributed by atoms with Gasteiger partial charge in [0.25, 0.3) is 11.5 Å². The van der Waals surface area contributed by atoms with Gasteiger partial charge in [-0.05, 0) is 80.2 Å². The van der Waals surface area contributed by atoms with E-state index in [1.165, 1.54) is 19.8 Å². The van der Waals surface area contributed by atoms with Crippen LogP contribution in [0.2, 0.25) is 0 Å². The molecule has 3 atom stereocenters. The Bertz CT molecular complexity index is 2700. The predicted molar refractivity (Wildman–Crippen MR) is 212 cm³/mol. The lowest BCUT2D eigenvalue weighted by atomic mass is 9.96. The summed E-state index contributed by atoms with van der Waals surface area (Å²) in [5.74, 6) is -0.202. The van der Waals surface area contributed by atoms with Crippen LogP contribution >= 0.6 is 0 Å². The Kier molecular flexibility index (Phi) is 9.55. The molecule has 18 heteroatoms. The average Bonchev–Trinajstić information content (AvgIpc) is 3.64. The molecule has 2 aliphatic heterocycles. The average molecular weight is 789 g/mol. The second-order valence-corrected chi connectivity index (χ2v) is 15.2. The zero-order chi connectivity index (χ0) is 40.1. The van der Waals surface area contributed by atoms with E-state index >= 15 is 0 Å². The third kappa shape index (κ3) is 7.10. The summed E-state index contributed by atoms with van der Waals surface area (Å²) >= 11 is 0. The van der Waals surface area contributed by atoms with Crippen molar-refractivity contribution >= 4 is 51.6 Å². The number of amides is 3. The number of hydrogen-bond donors (Lipinski definition) is 4. The number of piperidine rings is 2. The molecular formula is C40H41FN12O5. The first-order valence-electron chi connectivity index (χ1n) is 19.3. The number of alkyl halides is 1. The lowest BCUT2D eigenvalue weighted by Crippen LogP contribution is -2.44. The van der Waals surface area contributed by atoms with Crippen molar-refractivity contribution in [1.82, 2.24) is 48.8 Å². The van der Waals surface area contributed by atoms with Crippen LogP contribution < -0.4 is 32.5 Å². The van der Waals surface area contributed by atoms with Crippen molar-refractivity contribution in [2.75, 3.05) is 30.3 Å². The molecule has 1 unspecified atom stereocenters. The first kappa shape index (κ1) is 36.9. The van der Waals surface area contributed by atoms with Gasteiger partial charge >= 0.3 is 5.69 Å². The van der Waals surface area contributed by atoms with E-state index in [9.17, 15) is 28.4 Å². The van der Waals surface area contributed by atoms with Crippen molar-refractivity contribution in [1.29, 1.82) is 0 Å². The monoisotopic (exact) mass is 788 g/mol. The largest absolute Gasteiger partial charge is 0.382 e. The molecule has 0 bridgehead atoms. The van der Waals surface area contributed by atoms with Gasteiger partial charge in [-0.3, -0.25) is 43.1 Å². The van der Waals surface area contributed by atoms with E-state index in [4.69, 9.17) is 0 Å². The Morgan fingerprint density at radius 3 is 2.55 bits per heavy atom. The Morgan fingerprint density at radius 2 is 1.79 bits per heavy atom. The molecule has 3 amide bonds. The highest BCUT2D eigenvalue weighted by Gasteiger charge is 2.39. The van der Waals surface area contributed by atoms with Gasteiger partial charge in [0, 0.05) is 51.4 Å². The van der Waals surface area contributed by atoms with Crippen LogP contribution in [0.15, 0.2) is 82.8 Å². The van der Waals surface area contributed by atoms with Gasteiger partial charge in [0.2, 0.25) is 11.8 Å². The molecule has 3 aliphatic rings. The second kappa shape index (κ2) is 15.0. The zero-order valence-electron chi connectivity index (χ0n) is 31.6. The molecule has 2 saturated heterocycles. The molecular weight excluding hydrogens is 748 g/mol. The maximum absolute atomic E-state index is 13.7. The molecule has 0 spiro atoms. The fourth-order valence-corrected chi connectivity index (χ4v) is 7.87. The number of carbonyl (C=O) groups is 3. The van der Waals surface area contributed by atoms with Crippen LogP contribution in [0.5, 0.6) is 0 Å². The van der Waals surface area contributed by atoms with Gasteiger partial charge in [-0.25, -0.2) is 23.7 Å². The van der Waals surface area contributed by atoms with Crippen LogP contribution in [0.4, 0.5) is 21.6 Å². The lowest BCUT2D eigenvalue weighted by molar-refractivity contribution is -0.135. The minimum absolute atomic E-state index is 0.138. The number of halogens is 1. The number of fused-ring (bicyclic) bond motifs is 2. The van der Waals surface area contributed by atoms with Gasteiger partial charge in [0.1, 0.15) is 23.7 Å². The van der Waals surface area contributed by atoms with Gasteiger partial charge in [0.05, 0.1) is 29.0 Å². The van der Waals surface area contributed by atoms with Crippen molar-refractivity contribution in [2.24, 2.45) is 13.0 Å². The van der Waals surface area contributed by atoms with Crippen LogP contribution in [-0.2, 0) is 23.2 Å². The number of aromatic nitrogens is 7. The summed E-state index contributed by atoms with van der Waals surface area (Å²) in [6, 6.07) is 15.0. The van der Waals surface area contributed by atoms with E-state index in [2.05, 4.69) is 41.2 Å². The summed E-state index contributed by atoms with van der Waals surface area (Å²) in [5.41, 5.74) is 3.21. The van der Waals surface area contributed by atoms with Gasteiger partial charge in [-0.1, -0.05) is 12.1 Å². The van der Waals surface area contributed by atoms with E-state index in [-0.39, 0.29) is 47.8 Å². The van der Waals surface area contributed by atoms with Crippen LogP contribution in [0.25, 0.3) is 22.5 Å². The zero-order valence-corrected chi connectivity index (χ0v) is 31.6. The number of pyridine rings is 2. The summed E-state index contributed by atoms with van der Waals surface area (Å²) in [7, 11) is 1.69. The molecule has 5 aromatic heterocycles. The predicted octanol–water partition coefficient (Wildman–Crippen LogP) is 2.81. The van der Waals surface area contributed by atoms with Gasteiger partial charge < -0.3 is 16.0 Å². The third-order valence-corrected chi connectivity index (χ3v) is 11.2. The Hall–Kier alpha value is -6.69. The second-order valence-electron chi connectivity index (χ2n) is 15.2. The standard InChI is InChI=1S/C40H41FN12O5/c1-49-31-17-24(7-8-29(31)52(40(49)58)30-9-10-35(54)47-37(30)55)22-50-15-11-23(12-16-50)20-43-28-19-33(45-26-5-4-14-51(39(26)57)34-6-2-3-13-42-34)48-53-32(21-44-36(28)53)38(56)46-27-18-25(27)41/h2-8,13-14,17,19,21,23,25,27,30,43H,9-12,15-16,18,20,22H2,1H3,(H,45,48)(H,46,56)(H,47,54,55)/t25-,27+,30?/m0/s1. The molecule has 1 aliphatic carbocycles. The highest BCUT2D eigenvalue weighted by atomic mass is 19.1.